The van der Waals surface area contributed by atoms with Gasteiger partial charge in [0.25, 0.3) is 0 Å². The molecule has 0 amide bonds. The maximum absolute atomic E-state index is 12.3. The molecule has 0 saturated carbocycles. The summed E-state index contributed by atoms with van der Waals surface area (Å²) in [6.07, 6.45) is 0.161. The lowest BCUT2D eigenvalue weighted by Crippen LogP contribution is -2.27. The molecule has 0 aliphatic heterocycles. The van der Waals surface area contributed by atoms with Crippen molar-refractivity contribution in [2.24, 2.45) is 5.73 Å². The van der Waals surface area contributed by atoms with Crippen molar-refractivity contribution in [3.63, 3.8) is 0 Å². The molecule has 20 heavy (non-hydrogen) atoms. The molecular formula is C14H17N3O2S. The number of nitrogens with zero attached hydrogens (tertiary/aromatic N) is 2. The maximum atomic E-state index is 12.3. The Bertz CT molecular complexity index is 679. The molecule has 0 fully saturated rings. The van der Waals surface area contributed by atoms with Crippen LogP contribution in [0.2, 0.25) is 0 Å². The summed E-state index contributed by atoms with van der Waals surface area (Å²) in [6.45, 7) is 2.23. The van der Waals surface area contributed by atoms with Crippen molar-refractivity contribution in [1.29, 1.82) is 5.26 Å². The van der Waals surface area contributed by atoms with E-state index < -0.39 is 10.0 Å². The first kappa shape index (κ1) is 16.2. The van der Waals surface area contributed by atoms with Crippen molar-refractivity contribution in [3.8, 4) is 17.9 Å². The van der Waals surface area contributed by atoms with Gasteiger partial charge in [-0.3, -0.25) is 0 Å². The third-order valence-electron chi connectivity index (χ3n) is 2.77. The van der Waals surface area contributed by atoms with Crippen LogP contribution >= 0.6 is 0 Å². The Morgan fingerprint density at radius 2 is 2.10 bits per heavy atom. The van der Waals surface area contributed by atoms with E-state index in [1.165, 1.54) is 17.4 Å². The van der Waals surface area contributed by atoms with Crippen LogP contribution in [0.25, 0.3) is 0 Å². The fourth-order valence-corrected chi connectivity index (χ4v) is 2.85. The van der Waals surface area contributed by atoms with E-state index in [9.17, 15) is 8.42 Å². The molecule has 2 N–H and O–H groups in total. The number of nitriles is 1. The minimum absolute atomic E-state index is 0.161. The largest absolute Gasteiger partial charge is 0.320 e. The highest BCUT2D eigenvalue weighted by Crippen LogP contribution is 2.18. The Morgan fingerprint density at radius 1 is 1.40 bits per heavy atom. The molecule has 0 aliphatic rings. The number of rotatable bonds is 4. The fraction of sp³-hybridized carbons (Fsp3) is 0.357. The molecule has 0 aliphatic carbocycles. The Balaban J connectivity index is 3.09. The molecule has 0 aromatic heterocycles. The van der Waals surface area contributed by atoms with Crippen molar-refractivity contribution in [2.45, 2.75) is 18.2 Å². The van der Waals surface area contributed by atoms with Gasteiger partial charge in [0.15, 0.2) is 0 Å². The van der Waals surface area contributed by atoms with Gasteiger partial charge < -0.3 is 5.73 Å². The summed E-state index contributed by atoms with van der Waals surface area (Å²) in [6, 6.07) is 6.70. The Hall–Kier alpha value is -1.86. The number of aryl methyl sites for hydroxylation is 1. The van der Waals surface area contributed by atoms with Gasteiger partial charge in [0.2, 0.25) is 10.0 Å². The van der Waals surface area contributed by atoms with E-state index in [1.807, 2.05) is 6.07 Å². The highest BCUT2D eigenvalue weighted by atomic mass is 32.2. The summed E-state index contributed by atoms with van der Waals surface area (Å²) in [5.41, 5.74) is 6.85. The summed E-state index contributed by atoms with van der Waals surface area (Å²) in [4.78, 5) is 0.203. The molecule has 0 saturated heterocycles. The Kier molecular flexibility index (Phi) is 5.72. The Morgan fingerprint density at radius 3 is 2.65 bits per heavy atom. The average molecular weight is 291 g/mol. The van der Waals surface area contributed by atoms with Crippen LogP contribution in [0.4, 0.5) is 0 Å². The van der Waals surface area contributed by atoms with Gasteiger partial charge in [-0.2, -0.15) is 9.57 Å². The smallest absolute Gasteiger partial charge is 0.242 e. The molecule has 0 atom stereocenters. The summed E-state index contributed by atoms with van der Waals surface area (Å²) in [5.74, 6) is 5.62. The third kappa shape index (κ3) is 3.82. The first-order chi connectivity index (χ1) is 9.43. The van der Waals surface area contributed by atoms with Crippen LogP contribution in [-0.4, -0.2) is 32.9 Å². The zero-order chi connectivity index (χ0) is 15.2. The maximum Gasteiger partial charge on any atom is 0.242 e. The van der Waals surface area contributed by atoms with Gasteiger partial charge in [-0.15, -0.1) is 0 Å². The van der Waals surface area contributed by atoms with Crippen molar-refractivity contribution < 1.29 is 8.42 Å². The van der Waals surface area contributed by atoms with Gasteiger partial charge >= 0.3 is 0 Å². The predicted molar refractivity (Wildman–Crippen MR) is 77.2 cm³/mol. The van der Waals surface area contributed by atoms with Gasteiger partial charge in [-0.1, -0.05) is 11.8 Å². The summed E-state index contributed by atoms with van der Waals surface area (Å²) < 4.78 is 25.7. The van der Waals surface area contributed by atoms with Gasteiger partial charge in [0, 0.05) is 25.6 Å². The van der Waals surface area contributed by atoms with Crippen LogP contribution in [-0.2, 0) is 10.0 Å². The van der Waals surface area contributed by atoms with Gasteiger partial charge in [0.1, 0.15) is 0 Å². The number of hydrogen-bond donors (Lipinski definition) is 1. The second-order valence-corrected chi connectivity index (χ2v) is 6.26. The SMILES string of the molecule is Cc1cc(S(=O)(=O)N(C)CCC#N)ccc1C#CCN. The lowest BCUT2D eigenvalue weighted by molar-refractivity contribution is 0.476. The van der Waals surface area contributed by atoms with Crippen LogP contribution < -0.4 is 5.73 Å². The lowest BCUT2D eigenvalue weighted by atomic mass is 10.1. The van der Waals surface area contributed by atoms with Gasteiger partial charge in [-0.05, 0) is 30.7 Å². The number of benzene rings is 1. The van der Waals surface area contributed by atoms with Crippen molar-refractivity contribution >= 4 is 10.0 Å². The van der Waals surface area contributed by atoms with Crippen LogP contribution in [0, 0.1) is 30.1 Å². The second-order valence-electron chi connectivity index (χ2n) is 4.22. The predicted octanol–water partition coefficient (Wildman–Crippen LogP) is 0.839. The van der Waals surface area contributed by atoms with Crippen LogP contribution in [0.15, 0.2) is 23.1 Å². The number of hydrogen-bond acceptors (Lipinski definition) is 4. The van der Waals surface area contributed by atoms with E-state index in [1.54, 1.807) is 19.1 Å². The molecule has 0 radical (unpaired) electrons. The summed E-state index contributed by atoms with van der Waals surface area (Å²) in [7, 11) is -2.10. The first-order valence-corrected chi connectivity index (χ1v) is 7.50. The minimum atomic E-state index is -3.56. The van der Waals surface area contributed by atoms with Crippen LogP contribution in [0.3, 0.4) is 0 Å². The zero-order valence-corrected chi connectivity index (χ0v) is 12.4. The van der Waals surface area contributed by atoms with Crippen LogP contribution in [0.5, 0.6) is 0 Å². The normalized spacial score (nSPS) is 10.8. The van der Waals surface area contributed by atoms with Crippen LogP contribution in [0.1, 0.15) is 17.5 Å². The van der Waals surface area contributed by atoms with E-state index in [0.717, 1.165) is 11.1 Å². The summed E-state index contributed by atoms with van der Waals surface area (Å²) in [5, 5.41) is 8.52. The second kappa shape index (κ2) is 7.06. The highest BCUT2D eigenvalue weighted by Gasteiger charge is 2.20. The molecule has 0 heterocycles. The van der Waals surface area contributed by atoms with Gasteiger partial charge in [0.05, 0.1) is 17.5 Å². The molecule has 1 aromatic rings. The zero-order valence-electron chi connectivity index (χ0n) is 11.5. The molecule has 5 nitrogen and oxygen atoms in total. The lowest BCUT2D eigenvalue weighted by Gasteiger charge is -2.16. The Labute approximate surface area is 120 Å². The quantitative estimate of drug-likeness (QED) is 0.833. The molecule has 0 bridgehead atoms. The number of sulfonamides is 1. The third-order valence-corrected chi connectivity index (χ3v) is 4.62. The van der Waals surface area contributed by atoms with E-state index in [4.69, 9.17) is 11.0 Å². The standard InChI is InChI=1S/C14H17N3O2S/c1-12-11-14(7-6-13(12)5-3-8-15)20(18,19)17(2)10-4-9-16/h6-7,11H,4,8,10,15H2,1-2H3. The molecule has 6 heteroatoms. The van der Waals surface area contributed by atoms with E-state index in [2.05, 4.69) is 11.8 Å². The van der Waals surface area contributed by atoms with Gasteiger partial charge in [-0.25, -0.2) is 8.42 Å². The molecule has 1 rings (SSSR count). The van der Waals surface area contributed by atoms with Crippen molar-refractivity contribution in [2.75, 3.05) is 20.1 Å². The fourth-order valence-electron chi connectivity index (χ4n) is 1.59. The average Bonchev–Trinajstić information content (AvgIpc) is 2.43. The van der Waals surface area contributed by atoms with E-state index >= 15 is 0 Å². The minimum Gasteiger partial charge on any atom is -0.320 e. The molecule has 1 aromatic carbocycles. The van der Waals surface area contributed by atoms with Crippen molar-refractivity contribution in [3.05, 3.63) is 29.3 Å². The topological polar surface area (TPSA) is 87.2 Å². The number of nitrogens with two attached hydrogens (primary N) is 1. The van der Waals surface area contributed by atoms with E-state index in [0.29, 0.717) is 0 Å². The molecule has 106 valence electrons. The first-order valence-electron chi connectivity index (χ1n) is 6.06. The summed E-state index contributed by atoms with van der Waals surface area (Å²) >= 11 is 0. The molecule has 0 spiro atoms. The molecular weight excluding hydrogens is 274 g/mol. The highest BCUT2D eigenvalue weighted by molar-refractivity contribution is 7.89. The monoisotopic (exact) mass is 291 g/mol. The van der Waals surface area contributed by atoms with E-state index in [-0.39, 0.29) is 24.4 Å². The van der Waals surface area contributed by atoms with Crippen molar-refractivity contribution in [1.82, 2.24) is 4.31 Å². The molecule has 0 unspecified atom stereocenters.